The molecular weight excluding hydrogens is 679 g/mol. The smallest absolute Gasteiger partial charge is 0.352 e. The van der Waals surface area contributed by atoms with Crippen molar-refractivity contribution >= 4 is 7.82 Å². The highest BCUT2D eigenvalue weighted by molar-refractivity contribution is 7.47. The number of hydrogen-bond acceptors (Lipinski definition) is 5. The molecule has 0 aliphatic carbocycles. The molecule has 6 nitrogen and oxygen atoms in total. The molecule has 0 aliphatic rings. The molecule has 0 spiro atoms. The lowest BCUT2D eigenvalue weighted by molar-refractivity contribution is -0.133. The Hall–Kier alpha value is 0.0300. The molecule has 0 aromatic rings. The zero-order valence-corrected chi connectivity index (χ0v) is 38.6. The van der Waals surface area contributed by atoms with E-state index >= 15 is 0 Å². The average Bonchev–Trinajstić information content (AvgIpc) is 3.06. The van der Waals surface area contributed by atoms with Gasteiger partial charge in [0.2, 0.25) is 0 Å². The van der Waals surface area contributed by atoms with Crippen molar-refractivity contribution in [2.45, 2.75) is 237 Å². The minimum absolute atomic E-state index is 0.474. The maximum atomic E-state index is 12.9. The minimum Gasteiger partial charge on any atom is -0.352 e. The third-order valence-corrected chi connectivity index (χ3v) is 12.5. The first-order chi connectivity index (χ1) is 25.1. The van der Waals surface area contributed by atoms with Crippen LogP contribution in [0.15, 0.2) is 0 Å². The monoisotopic (exact) mass is 775 g/mol. The van der Waals surface area contributed by atoms with Gasteiger partial charge in [-0.05, 0) is 73.0 Å². The molecule has 0 aromatic carbocycles. The van der Waals surface area contributed by atoms with Gasteiger partial charge < -0.3 is 14.4 Å². The summed E-state index contributed by atoms with van der Waals surface area (Å²) in [5.74, 6) is 6.03. The van der Waals surface area contributed by atoms with Gasteiger partial charge in [-0.25, -0.2) is 4.57 Å². The van der Waals surface area contributed by atoms with Crippen LogP contribution in [0.1, 0.15) is 224 Å². The molecule has 8 atom stereocenters. The Labute approximate surface area is 332 Å². The second-order valence-electron chi connectivity index (χ2n) is 18.7. The first kappa shape index (κ1) is 53.0. The van der Waals surface area contributed by atoms with E-state index in [0.29, 0.717) is 37.9 Å². The quantitative estimate of drug-likeness (QED) is 0.0497. The summed E-state index contributed by atoms with van der Waals surface area (Å²) in [5, 5.41) is 0. The van der Waals surface area contributed by atoms with Crippen LogP contribution in [0.2, 0.25) is 0 Å². The molecule has 8 unspecified atom stereocenters. The molecule has 0 rings (SSSR count). The van der Waals surface area contributed by atoms with E-state index in [1.54, 1.807) is 0 Å². The zero-order valence-electron chi connectivity index (χ0n) is 37.7. The normalized spacial score (nSPS) is 18.1. The van der Waals surface area contributed by atoms with Crippen LogP contribution in [-0.4, -0.2) is 30.7 Å². The van der Waals surface area contributed by atoms with Crippen molar-refractivity contribution < 1.29 is 28.0 Å². The average molecular weight is 775 g/mol. The maximum Gasteiger partial charge on any atom is 0.476 e. The van der Waals surface area contributed by atoms with Gasteiger partial charge in [0.1, 0.15) is 0 Å². The topological polar surface area (TPSA) is 74.2 Å². The summed E-state index contributed by atoms with van der Waals surface area (Å²) >= 11 is 0. The second-order valence-corrected chi connectivity index (χ2v) is 20.0. The first-order valence-electron chi connectivity index (χ1n) is 23.0. The van der Waals surface area contributed by atoms with Crippen molar-refractivity contribution in [2.75, 3.05) is 13.2 Å². The van der Waals surface area contributed by atoms with Crippen LogP contribution < -0.4 is 0 Å². The summed E-state index contributed by atoms with van der Waals surface area (Å²) in [6.45, 7) is 28.3. The molecule has 0 heterocycles. The molecule has 0 amide bonds. The van der Waals surface area contributed by atoms with Crippen LogP contribution in [0.4, 0.5) is 0 Å². The SMILES string of the molecule is CCC(OCCC(C)CCCC(C)CCCC(C)CCCC(C)C)OP(=O)(O)OC(CC)OCCC(C)CCCC(C)CCCC(C)CCCC(C)C. The zero-order chi connectivity index (χ0) is 40.1. The summed E-state index contributed by atoms with van der Waals surface area (Å²) in [7, 11) is -4.32. The van der Waals surface area contributed by atoms with Gasteiger partial charge in [0.15, 0.2) is 12.6 Å². The molecule has 320 valence electrons. The lowest BCUT2D eigenvalue weighted by atomic mass is 9.91. The van der Waals surface area contributed by atoms with Crippen LogP contribution in [0, 0.1) is 47.3 Å². The van der Waals surface area contributed by atoms with Gasteiger partial charge in [0.25, 0.3) is 0 Å². The lowest BCUT2D eigenvalue weighted by Gasteiger charge is -2.24. The van der Waals surface area contributed by atoms with E-state index in [2.05, 4.69) is 69.2 Å². The van der Waals surface area contributed by atoms with Crippen molar-refractivity contribution in [3.63, 3.8) is 0 Å². The summed E-state index contributed by atoms with van der Waals surface area (Å²) in [6.07, 6.45) is 25.0. The van der Waals surface area contributed by atoms with Gasteiger partial charge in [-0.15, -0.1) is 0 Å². The molecule has 1 N–H and O–H groups in total. The van der Waals surface area contributed by atoms with E-state index in [9.17, 15) is 9.46 Å². The second kappa shape index (κ2) is 33.0. The Balaban J connectivity index is 4.17. The van der Waals surface area contributed by atoms with E-state index in [4.69, 9.17) is 18.5 Å². The molecule has 0 aliphatic heterocycles. The fourth-order valence-corrected chi connectivity index (χ4v) is 8.51. The highest BCUT2D eigenvalue weighted by Crippen LogP contribution is 2.47. The Morgan fingerprint density at radius 3 is 0.849 bits per heavy atom. The molecule has 7 heteroatoms. The summed E-state index contributed by atoms with van der Waals surface area (Å²) in [6, 6.07) is 0. The van der Waals surface area contributed by atoms with Gasteiger partial charge in [-0.1, -0.05) is 199 Å². The minimum atomic E-state index is -4.32. The molecule has 53 heavy (non-hydrogen) atoms. The standard InChI is InChI=1S/C46H95O6P/c1-13-45(49-35-33-43(11)31-19-29-41(9)27-17-25-39(7)23-15-21-37(3)4)51-53(47,48)52-46(14-2)50-36-34-44(12)32-20-30-42(10)28-18-26-40(8)24-16-22-38(5)6/h37-46H,13-36H2,1-12H3,(H,47,48). The molecule has 0 saturated carbocycles. The molecular formula is C46H95O6P. The van der Waals surface area contributed by atoms with Gasteiger partial charge in [0, 0.05) is 0 Å². The maximum absolute atomic E-state index is 12.9. The van der Waals surface area contributed by atoms with Gasteiger partial charge in [-0.3, -0.25) is 9.05 Å². The van der Waals surface area contributed by atoms with Gasteiger partial charge >= 0.3 is 7.82 Å². The Morgan fingerprint density at radius 1 is 0.396 bits per heavy atom. The fraction of sp³-hybridized carbons (Fsp3) is 1.00. The van der Waals surface area contributed by atoms with Crippen molar-refractivity contribution in [2.24, 2.45) is 47.3 Å². The Morgan fingerprint density at radius 2 is 0.623 bits per heavy atom. The molecule has 0 aromatic heterocycles. The van der Waals surface area contributed by atoms with E-state index < -0.39 is 20.4 Å². The summed E-state index contributed by atoms with van der Waals surface area (Å²) in [4.78, 5) is 10.5. The number of phosphoric acid groups is 1. The number of hydrogen-bond donors (Lipinski definition) is 1. The van der Waals surface area contributed by atoms with E-state index in [-0.39, 0.29) is 0 Å². The van der Waals surface area contributed by atoms with Crippen molar-refractivity contribution in [1.82, 2.24) is 0 Å². The Bertz CT molecular complexity index is 788. The van der Waals surface area contributed by atoms with Crippen molar-refractivity contribution in [3.8, 4) is 0 Å². The summed E-state index contributed by atoms with van der Waals surface area (Å²) in [5.41, 5.74) is 0. The van der Waals surface area contributed by atoms with Crippen molar-refractivity contribution in [1.29, 1.82) is 0 Å². The van der Waals surface area contributed by atoms with E-state index in [1.807, 2.05) is 13.8 Å². The Kier molecular flexibility index (Phi) is 33.1. The van der Waals surface area contributed by atoms with Gasteiger partial charge in [0.05, 0.1) is 13.2 Å². The predicted molar refractivity (Wildman–Crippen MR) is 229 cm³/mol. The number of ether oxygens (including phenoxy) is 2. The van der Waals surface area contributed by atoms with Crippen LogP contribution in [0.3, 0.4) is 0 Å². The first-order valence-corrected chi connectivity index (χ1v) is 24.5. The van der Waals surface area contributed by atoms with Crippen LogP contribution in [0.5, 0.6) is 0 Å². The molecule has 0 radical (unpaired) electrons. The van der Waals surface area contributed by atoms with E-state index in [1.165, 1.54) is 116 Å². The van der Waals surface area contributed by atoms with Crippen LogP contribution in [-0.2, 0) is 23.1 Å². The van der Waals surface area contributed by atoms with Crippen LogP contribution in [0.25, 0.3) is 0 Å². The highest BCUT2D eigenvalue weighted by Gasteiger charge is 2.30. The molecule has 0 fully saturated rings. The predicted octanol–water partition coefficient (Wildman–Crippen LogP) is 15.6. The number of phosphoric ester groups is 1. The fourth-order valence-electron chi connectivity index (χ4n) is 7.44. The lowest BCUT2D eigenvalue weighted by Crippen LogP contribution is -2.21. The number of rotatable bonds is 38. The van der Waals surface area contributed by atoms with Gasteiger partial charge in [-0.2, -0.15) is 0 Å². The largest absolute Gasteiger partial charge is 0.476 e. The highest BCUT2D eigenvalue weighted by atomic mass is 31.2. The molecule has 0 bridgehead atoms. The van der Waals surface area contributed by atoms with Crippen LogP contribution >= 0.6 is 7.82 Å². The van der Waals surface area contributed by atoms with Crippen molar-refractivity contribution in [3.05, 3.63) is 0 Å². The third-order valence-electron chi connectivity index (χ3n) is 11.5. The third kappa shape index (κ3) is 33.8. The molecule has 0 saturated heterocycles. The van der Waals surface area contributed by atoms with E-state index in [0.717, 1.165) is 48.3 Å². The summed E-state index contributed by atoms with van der Waals surface area (Å²) < 4.78 is 35.6.